The van der Waals surface area contributed by atoms with Gasteiger partial charge in [-0.25, -0.2) is 4.39 Å². The smallest absolute Gasteiger partial charge is 0.416 e. The first-order valence-electron chi connectivity index (χ1n) is 11.8. The number of nitrogens with zero attached hydrogens (tertiary/aromatic N) is 5. The van der Waals surface area contributed by atoms with Gasteiger partial charge in [0.25, 0.3) is 5.95 Å². The molecule has 0 bridgehead atoms. The second kappa shape index (κ2) is 11.1. The topological polar surface area (TPSA) is 56.1 Å². The number of anilines is 1. The molecule has 0 fully saturated rings. The van der Waals surface area contributed by atoms with E-state index in [1.807, 2.05) is 0 Å². The van der Waals surface area contributed by atoms with Gasteiger partial charge in [-0.1, -0.05) is 23.3 Å². The van der Waals surface area contributed by atoms with Gasteiger partial charge in [0.2, 0.25) is 0 Å². The molecule has 42 heavy (non-hydrogen) atoms. The van der Waals surface area contributed by atoms with E-state index in [1.54, 1.807) is 0 Å². The number of aryl methyl sites for hydroxylation is 1. The molecule has 0 aliphatic rings. The lowest BCUT2D eigenvalue weighted by molar-refractivity contribution is -0.143. The minimum absolute atomic E-state index is 0.0479. The minimum Gasteiger partial charge on any atom is -0.494 e. The van der Waals surface area contributed by atoms with Gasteiger partial charge in [0.15, 0.2) is 11.6 Å². The molecule has 6 nitrogen and oxygen atoms in total. The minimum atomic E-state index is -5.14. The van der Waals surface area contributed by atoms with Gasteiger partial charge in [-0.05, 0) is 58.3 Å². The number of halogens is 10. The number of rotatable bonds is 7. The van der Waals surface area contributed by atoms with Crippen molar-refractivity contribution in [2.45, 2.75) is 31.6 Å². The maximum atomic E-state index is 15.2. The first-order chi connectivity index (χ1) is 19.5. The molecule has 0 N–H and O–H groups in total. The summed E-state index contributed by atoms with van der Waals surface area (Å²) in [4.78, 5) is 1.96. The number of aromatic nitrogens is 4. The van der Waals surface area contributed by atoms with Crippen LogP contribution in [0, 0.1) is 5.82 Å². The second-order valence-corrected chi connectivity index (χ2v) is 9.04. The molecule has 0 saturated heterocycles. The Kier molecular flexibility index (Phi) is 8.11. The fourth-order valence-electron chi connectivity index (χ4n) is 4.17. The summed E-state index contributed by atoms with van der Waals surface area (Å²) in [6.45, 7) is -1.31. The molecule has 0 aliphatic heterocycles. The van der Waals surface area contributed by atoms with Crippen LogP contribution in [0.25, 0.3) is 11.1 Å². The van der Waals surface area contributed by atoms with Crippen molar-refractivity contribution in [3.05, 3.63) is 88.2 Å². The number of hydrogen-bond acceptors (Lipinski definition) is 5. The van der Waals surface area contributed by atoms with Crippen LogP contribution in [-0.4, -0.2) is 27.3 Å². The number of methoxy groups -OCH3 is 1. The molecule has 0 radical (unpaired) electrons. The molecule has 0 atom stereocenters. The Hall–Kier alpha value is -4.37. The Morgan fingerprint density at radius 1 is 0.762 bits per heavy atom. The largest absolute Gasteiger partial charge is 0.494 e. The molecular weight excluding hydrogens is 588 g/mol. The van der Waals surface area contributed by atoms with Gasteiger partial charge in [-0.3, -0.25) is 0 Å². The molecule has 3 aromatic carbocycles. The van der Waals surface area contributed by atoms with E-state index in [0.717, 1.165) is 15.8 Å². The number of tetrazole rings is 1. The molecule has 224 valence electrons. The van der Waals surface area contributed by atoms with E-state index in [-0.39, 0.29) is 34.5 Å². The summed E-state index contributed by atoms with van der Waals surface area (Å²) in [6, 6.07) is 7.27. The van der Waals surface area contributed by atoms with Crippen molar-refractivity contribution in [3.63, 3.8) is 0 Å². The predicted molar refractivity (Wildman–Crippen MR) is 129 cm³/mol. The Morgan fingerprint density at radius 3 is 1.90 bits per heavy atom. The second-order valence-electron chi connectivity index (χ2n) is 9.04. The lowest BCUT2D eigenvalue weighted by Gasteiger charge is -2.24. The van der Waals surface area contributed by atoms with Gasteiger partial charge < -0.3 is 9.64 Å². The Morgan fingerprint density at radius 2 is 1.38 bits per heavy atom. The third-order valence-corrected chi connectivity index (χ3v) is 6.07. The molecular formula is C26H19F10N5O. The molecule has 1 aromatic heterocycles. The SMILES string of the molecule is COc1cccc(-c2ccc(C(F)(F)F)cc2CN(Cc2cc(C(F)(F)F)cc(C(F)(F)F)c2)c2nnn(C)n2)c1F. The van der Waals surface area contributed by atoms with Crippen molar-refractivity contribution in [1.82, 2.24) is 20.2 Å². The first-order valence-corrected chi connectivity index (χ1v) is 11.8. The van der Waals surface area contributed by atoms with Gasteiger partial charge in [0.05, 0.1) is 30.8 Å². The van der Waals surface area contributed by atoms with Crippen LogP contribution in [0.15, 0.2) is 54.6 Å². The van der Waals surface area contributed by atoms with E-state index in [0.29, 0.717) is 24.3 Å². The highest BCUT2D eigenvalue weighted by molar-refractivity contribution is 5.70. The molecule has 0 amide bonds. The summed E-state index contributed by atoms with van der Waals surface area (Å²) in [5, 5.41) is 11.3. The van der Waals surface area contributed by atoms with Crippen molar-refractivity contribution in [3.8, 4) is 16.9 Å². The number of ether oxygens (including phenoxy) is 1. The molecule has 0 aliphatic carbocycles. The predicted octanol–water partition coefficient (Wildman–Crippen LogP) is 7.29. The lowest BCUT2D eigenvalue weighted by Crippen LogP contribution is -2.25. The van der Waals surface area contributed by atoms with Crippen LogP contribution in [0.5, 0.6) is 5.75 Å². The fourth-order valence-corrected chi connectivity index (χ4v) is 4.17. The zero-order chi connectivity index (χ0) is 31.0. The zero-order valence-electron chi connectivity index (χ0n) is 21.5. The maximum Gasteiger partial charge on any atom is 0.416 e. The third-order valence-electron chi connectivity index (χ3n) is 6.07. The summed E-state index contributed by atoms with van der Waals surface area (Å²) >= 11 is 0. The van der Waals surface area contributed by atoms with Gasteiger partial charge >= 0.3 is 18.5 Å². The van der Waals surface area contributed by atoms with Gasteiger partial charge in [0.1, 0.15) is 0 Å². The van der Waals surface area contributed by atoms with Crippen LogP contribution < -0.4 is 9.64 Å². The number of benzene rings is 3. The normalized spacial score (nSPS) is 12.5. The van der Waals surface area contributed by atoms with E-state index in [4.69, 9.17) is 4.74 Å². The van der Waals surface area contributed by atoms with E-state index in [9.17, 15) is 39.5 Å². The van der Waals surface area contributed by atoms with Crippen LogP contribution in [0.4, 0.5) is 49.9 Å². The highest BCUT2D eigenvalue weighted by Crippen LogP contribution is 2.39. The summed E-state index contributed by atoms with van der Waals surface area (Å²) in [6.07, 6.45) is -15.1. The Labute approximate surface area is 231 Å². The third kappa shape index (κ3) is 6.74. The average molecular weight is 607 g/mol. The zero-order valence-corrected chi connectivity index (χ0v) is 21.5. The summed E-state index contributed by atoms with van der Waals surface area (Å²) in [7, 11) is 2.50. The van der Waals surface area contributed by atoms with E-state index >= 15 is 4.39 Å². The maximum absolute atomic E-state index is 15.2. The molecule has 4 aromatic rings. The summed E-state index contributed by atoms with van der Waals surface area (Å²) < 4.78 is 142. The first kappa shape index (κ1) is 30.6. The highest BCUT2D eigenvalue weighted by atomic mass is 19.4. The van der Waals surface area contributed by atoms with Crippen molar-refractivity contribution in [2.24, 2.45) is 7.05 Å². The van der Waals surface area contributed by atoms with E-state index < -0.39 is 59.7 Å². The van der Waals surface area contributed by atoms with Crippen LogP contribution in [0.3, 0.4) is 0 Å². The van der Waals surface area contributed by atoms with Crippen LogP contribution in [0.2, 0.25) is 0 Å². The molecule has 4 rings (SSSR count). The number of alkyl halides is 9. The Balaban J connectivity index is 1.87. The Bertz CT molecular complexity index is 1540. The van der Waals surface area contributed by atoms with Gasteiger partial charge in [-0.15, -0.1) is 5.10 Å². The van der Waals surface area contributed by atoms with Gasteiger partial charge in [0, 0.05) is 18.7 Å². The van der Waals surface area contributed by atoms with Crippen LogP contribution in [-0.2, 0) is 38.7 Å². The molecule has 0 unspecified atom stereocenters. The van der Waals surface area contributed by atoms with Crippen molar-refractivity contribution in [1.29, 1.82) is 0 Å². The fraction of sp³-hybridized carbons (Fsp3) is 0.269. The molecule has 0 saturated carbocycles. The van der Waals surface area contributed by atoms with Crippen molar-refractivity contribution in [2.75, 3.05) is 12.0 Å². The quantitative estimate of drug-likeness (QED) is 0.207. The molecule has 1 heterocycles. The molecule has 16 heteroatoms. The van der Waals surface area contributed by atoms with Crippen molar-refractivity contribution >= 4 is 5.95 Å². The summed E-state index contributed by atoms with van der Waals surface area (Å²) in [5.41, 5.74) is -5.19. The van der Waals surface area contributed by atoms with E-state index in [2.05, 4.69) is 15.4 Å². The monoisotopic (exact) mass is 607 g/mol. The van der Waals surface area contributed by atoms with Crippen LogP contribution in [0.1, 0.15) is 27.8 Å². The van der Waals surface area contributed by atoms with Crippen molar-refractivity contribution < 1.29 is 48.6 Å². The standard InChI is InChI=1S/C26H19F10N5O/c1-40-38-23(37-39-40)41(12-14-8-17(25(31,32)33)11-18(9-14)26(34,35)36)13-15-10-16(24(28,29)30)6-7-19(15)20-4-3-5-21(42-2)22(20)27/h3-11H,12-13H2,1-2H3. The molecule has 0 spiro atoms. The number of hydrogen-bond donors (Lipinski definition) is 0. The van der Waals surface area contributed by atoms with Gasteiger partial charge in [-0.2, -0.15) is 44.3 Å². The summed E-state index contributed by atoms with van der Waals surface area (Å²) in [5.74, 6) is -1.44. The van der Waals surface area contributed by atoms with Crippen LogP contribution >= 0.6 is 0 Å². The van der Waals surface area contributed by atoms with E-state index in [1.165, 1.54) is 32.4 Å². The lowest BCUT2D eigenvalue weighted by atomic mass is 9.96. The highest BCUT2D eigenvalue weighted by Gasteiger charge is 2.37. The average Bonchev–Trinajstić information content (AvgIpc) is 3.33.